The third-order valence-corrected chi connectivity index (χ3v) is 3.11. The molecule has 0 bridgehead atoms. The number of nitrogens with zero attached hydrogens (tertiary/aromatic N) is 2. The van der Waals surface area contributed by atoms with Crippen LogP contribution in [0.2, 0.25) is 0 Å². The average Bonchev–Trinajstić information content (AvgIpc) is 2.95. The van der Waals surface area contributed by atoms with Gasteiger partial charge in [0.25, 0.3) is 0 Å². The lowest BCUT2D eigenvalue weighted by molar-refractivity contribution is 0.410. The Hall–Kier alpha value is -2.08. The first-order valence-corrected chi connectivity index (χ1v) is 5.78. The molecule has 3 aromatic rings. The number of oxazole rings is 1. The molecule has 2 heterocycles. The van der Waals surface area contributed by atoms with Gasteiger partial charge in [-0.3, -0.25) is 0 Å². The van der Waals surface area contributed by atoms with Crippen molar-refractivity contribution >= 4 is 27.6 Å². The van der Waals surface area contributed by atoms with Gasteiger partial charge in [-0.1, -0.05) is 0 Å². The maximum Gasteiger partial charge on any atom is 0.196 e. The van der Waals surface area contributed by atoms with Crippen LogP contribution in [0.4, 0.5) is 5.13 Å². The Balaban J connectivity index is 2.23. The lowest BCUT2D eigenvalue weighted by Crippen LogP contribution is -1.87. The van der Waals surface area contributed by atoms with Gasteiger partial charge in [-0.15, -0.1) is 11.3 Å². The number of rotatable bonds is 2. The maximum absolute atomic E-state index is 5.62. The molecule has 5 nitrogen and oxygen atoms in total. The number of nitrogen functional groups attached to an aromatic ring is 1. The summed E-state index contributed by atoms with van der Waals surface area (Å²) in [7, 11) is 1.59. The highest BCUT2D eigenvalue weighted by atomic mass is 32.1. The Bertz CT molecular complexity index is 674. The number of thiazole rings is 1. The van der Waals surface area contributed by atoms with Crippen molar-refractivity contribution in [2.45, 2.75) is 0 Å². The number of hydrogen-bond acceptors (Lipinski definition) is 6. The van der Waals surface area contributed by atoms with Gasteiger partial charge in [0.05, 0.1) is 12.8 Å². The van der Waals surface area contributed by atoms with Crippen molar-refractivity contribution in [3.05, 3.63) is 23.9 Å². The number of nitrogens with two attached hydrogens (primary N) is 1. The monoisotopic (exact) mass is 247 g/mol. The second kappa shape index (κ2) is 3.74. The third kappa shape index (κ3) is 1.62. The van der Waals surface area contributed by atoms with E-state index in [1.165, 1.54) is 17.7 Å². The van der Waals surface area contributed by atoms with E-state index in [9.17, 15) is 0 Å². The van der Waals surface area contributed by atoms with E-state index in [1.807, 2.05) is 17.5 Å². The topological polar surface area (TPSA) is 74.2 Å². The van der Waals surface area contributed by atoms with Crippen LogP contribution in [0.1, 0.15) is 0 Å². The Morgan fingerprint density at radius 1 is 1.41 bits per heavy atom. The summed E-state index contributed by atoms with van der Waals surface area (Å²) in [5.41, 5.74) is 8.73. The molecular formula is C11H9N3O2S. The fourth-order valence-corrected chi connectivity index (χ4v) is 2.23. The van der Waals surface area contributed by atoms with Gasteiger partial charge in [-0.25, -0.2) is 9.97 Å². The molecule has 0 aliphatic carbocycles. The summed E-state index contributed by atoms with van der Waals surface area (Å²) in [5, 5.41) is 2.44. The van der Waals surface area contributed by atoms with E-state index in [0.29, 0.717) is 16.5 Å². The standard InChI is InChI=1S/C11H9N3O2S/c1-15-9-3-6(8-4-17-11(12)14-8)2-7-10(9)16-5-13-7/h2-5H,1H3,(H2,12,14). The lowest BCUT2D eigenvalue weighted by atomic mass is 10.1. The fraction of sp³-hybridized carbons (Fsp3) is 0.0909. The molecule has 0 aliphatic rings. The number of anilines is 1. The first kappa shape index (κ1) is 10.1. The zero-order chi connectivity index (χ0) is 11.8. The number of fused-ring (bicyclic) bond motifs is 1. The van der Waals surface area contributed by atoms with Crippen molar-refractivity contribution in [1.29, 1.82) is 0 Å². The van der Waals surface area contributed by atoms with Crippen molar-refractivity contribution in [2.24, 2.45) is 0 Å². The molecule has 17 heavy (non-hydrogen) atoms. The first-order chi connectivity index (χ1) is 8.28. The minimum absolute atomic E-state index is 0.541. The number of ether oxygens (including phenoxy) is 1. The molecule has 6 heteroatoms. The summed E-state index contributed by atoms with van der Waals surface area (Å²) in [6.45, 7) is 0. The predicted octanol–water partition coefficient (Wildman–Crippen LogP) is 2.54. The first-order valence-electron chi connectivity index (χ1n) is 4.90. The van der Waals surface area contributed by atoms with E-state index >= 15 is 0 Å². The molecule has 0 saturated carbocycles. The zero-order valence-corrected chi connectivity index (χ0v) is 9.82. The van der Waals surface area contributed by atoms with Gasteiger partial charge < -0.3 is 14.9 Å². The highest BCUT2D eigenvalue weighted by Gasteiger charge is 2.11. The van der Waals surface area contributed by atoms with Crippen LogP contribution in [0.15, 0.2) is 28.3 Å². The molecule has 0 spiro atoms. The number of benzene rings is 1. The number of aromatic nitrogens is 2. The maximum atomic E-state index is 5.62. The number of hydrogen-bond donors (Lipinski definition) is 1. The minimum Gasteiger partial charge on any atom is -0.493 e. The van der Waals surface area contributed by atoms with Crippen LogP contribution in [0, 0.1) is 0 Å². The third-order valence-electron chi connectivity index (χ3n) is 2.44. The summed E-state index contributed by atoms with van der Waals surface area (Å²) < 4.78 is 10.5. The SMILES string of the molecule is COc1cc(-c2csc(N)n2)cc2ncoc12. The van der Waals surface area contributed by atoms with Crippen LogP contribution in [-0.2, 0) is 0 Å². The van der Waals surface area contributed by atoms with Crippen molar-refractivity contribution < 1.29 is 9.15 Å². The number of methoxy groups -OCH3 is 1. The summed E-state index contributed by atoms with van der Waals surface area (Å²) in [6, 6.07) is 3.76. The van der Waals surface area contributed by atoms with Crippen LogP contribution >= 0.6 is 11.3 Å². The molecule has 0 aliphatic heterocycles. The van der Waals surface area contributed by atoms with Gasteiger partial charge in [-0.2, -0.15) is 0 Å². The lowest BCUT2D eigenvalue weighted by Gasteiger charge is -2.02. The molecule has 0 amide bonds. The van der Waals surface area contributed by atoms with Gasteiger partial charge in [0.15, 0.2) is 22.9 Å². The molecule has 2 aromatic heterocycles. The molecule has 0 unspecified atom stereocenters. The van der Waals surface area contributed by atoms with Gasteiger partial charge >= 0.3 is 0 Å². The van der Waals surface area contributed by atoms with Crippen molar-refractivity contribution in [3.8, 4) is 17.0 Å². The van der Waals surface area contributed by atoms with Gasteiger partial charge in [0, 0.05) is 10.9 Å². The van der Waals surface area contributed by atoms with Crippen LogP contribution in [0.3, 0.4) is 0 Å². The summed E-state index contributed by atoms with van der Waals surface area (Å²) >= 11 is 1.40. The molecule has 0 fully saturated rings. The molecule has 1 aromatic carbocycles. The minimum atomic E-state index is 0.541. The Kier molecular flexibility index (Phi) is 2.22. The largest absolute Gasteiger partial charge is 0.493 e. The second-order valence-electron chi connectivity index (χ2n) is 3.45. The van der Waals surface area contributed by atoms with Crippen molar-refractivity contribution in [2.75, 3.05) is 12.8 Å². The Morgan fingerprint density at radius 2 is 2.29 bits per heavy atom. The zero-order valence-electron chi connectivity index (χ0n) is 9.01. The van der Waals surface area contributed by atoms with E-state index in [2.05, 4.69) is 9.97 Å². The highest BCUT2D eigenvalue weighted by Crippen LogP contribution is 2.32. The molecule has 0 saturated heterocycles. The molecule has 86 valence electrons. The van der Waals surface area contributed by atoms with E-state index < -0.39 is 0 Å². The van der Waals surface area contributed by atoms with Crippen LogP contribution in [0.5, 0.6) is 5.75 Å². The van der Waals surface area contributed by atoms with Crippen LogP contribution < -0.4 is 10.5 Å². The second-order valence-corrected chi connectivity index (χ2v) is 4.34. The molecular weight excluding hydrogens is 238 g/mol. The summed E-state index contributed by atoms with van der Waals surface area (Å²) in [4.78, 5) is 8.35. The Labute approximate surface area is 101 Å². The highest BCUT2D eigenvalue weighted by molar-refractivity contribution is 7.13. The van der Waals surface area contributed by atoms with Crippen molar-refractivity contribution in [3.63, 3.8) is 0 Å². The average molecular weight is 247 g/mol. The summed E-state index contributed by atoms with van der Waals surface area (Å²) in [6.07, 6.45) is 1.40. The van der Waals surface area contributed by atoms with E-state index in [0.717, 1.165) is 16.8 Å². The smallest absolute Gasteiger partial charge is 0.196 e. The van der Waals surface area contributed by atoms with E-state index in [4.69, 9.17) is 14.9 Å². The van der Waals surface area contributed by atoms with Crippen molar-refractivity contribution in [1.82, 2.24) is 9.97 Å². The van der Waals surface area contributed by atoms with Crippen LogP contribution in [0.25, 0.3) is 22.4 Å². The summed E-state index contributed by atoms with van der Waals surface area (Å²) in [5.74, 6) is 0.640. The quantitative estimate of drug-likeness (QED) is 0.753. The van der Waals surface area contributed by atoms with E-state index in [1.54, 1.807) is 7.11 Å². The Morgan fingerprint density at radius 3 is 3.00 bits per heavy atom. The van der Waals surface area contributed by atoms with Gasteiger partial charge in [0.2, 0.25) is 0 Å². The molecule has 0 radical (unpaired) electrons. The fourth-order valence-electron chi connectivity index (χ4n) is 1.66. The van der Waals surface area contributed by atoms with Crippen LogP contribution in [-0.4, -0.2) is 17.1 Å². The normalized spacial score (nSPS) is 10.9. The van der Waals surface area contributed by atoms with E-state index in [-0.39, 0.29) is 0 Å². The molecule has 2 N–H and O–H groups in total. The van der Waals surface area contributed by atoms with Gasteiger partial charge in [0.1, 0.15) is 5.52 Å². The molecule has 0 atom stereocenters. The molecule has 3 rings (SSSR count). The van der Waals surface area contributed by atoms with Gasteiger partial charge in [-0.05, 0) is 12.1 Å². The predicted molar refractivity (Wildman–Crippen MR) is 66.1 cm³/mol.